The zero-order valence-corrected chi connectivity index (χ0v) is 9.81. The summed E-state index contributed by atoms with van der Waals surface area (Å²) in [5, 5.41) is 11.1. The molecule has 5 nitrogen and oxygen atoms in total. The van der Waals surface area contributed by atoms with Crippen molar-refractivity contribution in [2.45, 2.75) is 24.7 Å². The highest BCUT2D eigenvalue weighted by atomic mass is 16.6. The molecular weight excluding hydrogens is 220 g/mol. The Hall–Kier alpha value is -1.62. The number of methoxy groups -OCH3 is 1. The Morgan fingerprint density at radius 3 is 2.71 bits per heavy atom. The molecule has 2 rings (SSSR count). The summed E-state index contributed by atoms with van der Waals surface area (Å²) in [5.74, 6) is 0.518. The van der Waals surface area contributed by atoms with Crippen molar-refractivity contribution in [1.29, 1.82) is 0 Å². The van der Waals surface area contributed by atoms with Crippen molar-refractivity contribution in [3.05, 3.63) is 33.9 Å². The van der Waals surface area contributed by atoms with Gasteiger partial charge in [0.25, 0.3) is 5.69 Å². The molecule has 1 aromatic carbocycles. The molecule has 17 heavy (non-hydrogen) atoms. The lowest BCUT2D eigenvalue weighted by Crippen LogP contribution is -2.15. The van der Waals surface area contributed by atoms with E-state index in [9.17, 15) is 10.1 Å². The molecular formula is C12H16N2O3. The number of rotatable bonds is 5. The van der Waals surface area contributed by atoms with Crippen molar-refractivity contribution in [2.24, 2.45) is 5.73 Å². The molecule has 0 amide bonds. The minimum Gasteiger partial charge on any atom is -0.497 e. The quantitative estimate of drug-likeness (QED) is 0.626. The number of hydrogen-bond acceptors (Lipinski definition) is 4. The average Bonchev–Trinajstić information content (AvgIpc) is 3.09. The Kier molecular flexibility index (Phi) is 3.02. The van der Waals surface area contributed by atoms with Crippen LogP contribution in [0.25, 0.3) is 0 Å². The number of nitro groups is 1. The van der Waals surface area contributed by atoms with Crippen LogP contribution in [-0.4, -0.2) is 18.6 Å². The van der Waals surface area contributed by atoms with E-state index >= 15 is 0 Å². The van der Waals surface area contributed by atoms with Crippen LogP contribution in [0.1, 0.15) is 24.8 Å². The Bertz CT molecular complexity index is 441. The Balaban J connectivity index is 2.43. The van der Waals surface area contributed by atoms with Gasteiger partial charge in [0.1, 0.15) is 5.75 Å². The number of benzene rings is 1. The van der Waals surface area contributed by atoms with E-state index in [-0.39, 0.29) is 16.0 Å². The van der Waals surface area contributed by atoms with E-state index in [1.807, 2.05) is 0 Å². The number of hydrogen-bond donors (Lipinski definition) is 1. The topological polar surface area (TPSA) is 78.4 Å². The maximum Gasteiger partial charge on any atom is 0.276 e. The van der Waals surface area contributed by atoms with Crippen LogP contribution in [0.5, 0.6) is 5.75 Å². The SMILES string of the molecule is COc1ccc(C2(CCN)CC2)c([N+](=O)[O-])c1. The number of nitrogens with zero attached hydrogens (tertiary/aromatic N) is 1. The molecule has 0 bridgehead atoms. The normalized spacial score (nSPS) is 16.6. The zero-order chi connectivity index (χ0) is 12.5. The molecule has 0 radical (unpaired) electrons. The summed E-state index contributed by atoms with van der Waals surface area (Å²) in [4.78, 5) is 10.7. The van der Waals surface area contributed by atoms with E-state index in [0.29, 0.717) is 12.3 Å². The van der Waals surface area contributed by atoms with Gasteiger partial charge in [-0.15, -0.1) is 0 Å². The summed E-state index contributed by atoms with van der Waals surface area (Å²) < 4.78 is 5.02. The fourth-order valence-corrected chi connectivity index (χ4v) is 2.32. The predicted octanol–water partition coefficient (Wildman–Crippen LogP) is 1.98. The summed E-state index contributed by atoms with van der Waals surface area (Å²) >= 11 is 0. The summed E-state index contributed by atoms with van der Waals surface area (Å²) in [5.41, 5.74) is 6.46. The first-order valence-electron chi connectivity index (χ1n) is 5.66. The monoisotopic (exact) mass is 236 g/mol. The van der Waals surface area contributed by atoms with Gasteiger partial charge in [-0.05, 0) is 37.9 Å². The van der Waals surface area contributed by atoms with Gasteiger partial charge in [-0.1, -0.05) is 0 Å². The van der Waals surface area contributed by atoms with Gasteiger partial charge in [-0.3, -0.25) is 10.1 Å². The fourth-order valence-electron chi connectivity index (χ4n) is 2.32. The fraction of sp³-hybridized carbons (Fsp3) is 0.500. The van der Waals surface area contributed by atoms with E-state index in [1.165, 1.54) is 13.2 Å². The number of ether oxygens (including phenoxy) is 1. The molecule has 5 heteroatoms. The van der Waals surface area contributed by atoms with Crippen molar-refractivity contribution in [3.8, 4) is 5.75 Å². The third-order valence-corrected chi connectivity index (χ3v) is 3.45. The Morgan fingerprint density at radius 2 is 2.24 bits per heavy atom. The van der Waals surface area contributed by atoms with E-state index in [1.54, 1.807) is 12.1 Å². The minimum atomic E-state index is -0.339. The summed E-state index contributed by atoms with van der Waals surface area (Å²) in [6, 6.07) is 5.07. The third-order valence-electron chi connectivity index (χ3n) is 3.45. The summed E-state index contributed by atoms with van der Waals surface area (Å²) in [7, 11) is 1.51. The highest BCUT2D eigenvalue weighted by Gasteiger charge is 2.47. The smallest absolute Gasteiger partial charge is 0.276 e. The van der Waals surface area contributed by atoms with Crippen molar-refractivity contribution >= 4 is 5.69 Å². The van der Waals surface area contributed by atoms with Gasteiger partial charge in [0, 0.05) is 11.0 Å². The van der Waals surface area contributed by atoms with Crippen LogP contribution >= 0.6 is 0 Å². The molecule has 0 unspecified atom stereocenters. The first kappa shape index (κ1) is 11.9. The second kappa shape index (κ2) is 4.33. The van der Waals surface area contributed by atoms with Crippen LogP contribution < -0.4 is 10.5 Å². The molecule has 0 spiro atoms. The predicted molar refractivity (Wildman–Crippen MR) is 64.2 cm³/mol. The molecule has 0 aromatic heterocycles. The molecule has 1 aromatic rings. The van der Waals surface area contributed by atoms with Gasteiger partial charge < -0.3 is 10.5 Å². The first-order chi connectivity index (χ1) is 8.13. The molecule has 0 atom stereocenters. The van der Waals surface area contributed by atoms with Crippen LogP contribution in [0.4, 0.5) is 5.69 Å². The average molecular weight is 236 g/mol. The van der Waals surface area contributed by atoms with Crippen molar-refractivity contribution in [2.75, 3.05) is 13.7 Å². The molecule has 2 N–H and O–H groups in total. The summed E-state index contributed by atoms with van der Waals surface area (Å²) in [6.45, 7) is 0.559. The maximum absolute atomic E-state index is 11.1. The molecule has 0 aliphatic heterocycles. The Labute approximate surface area is 99.7 Å². The Morgan fingerprint density at radius 1 is 1.53 bits per heavy atom. The van der Waals surface area contributed by atoms with Gasteiger partial charge in [0.05, 0.1) is 18.1 Å². The van der Waals surface area contributed by atoms with Crippen LogP contribution in [-0.2, 0) is 5.41 Å². The summed E-state index contributed by atoms with van der Waals surface area (Å²) in [6.07, 6.45) is 2.77. The van der Waals surface area contributed by atoms with E-state index in [0.717, 1.165) is 24.8 Å². The highest BCUT2D eigenvalue weighted by Crippen LogP contribution is 2.53. The lowest BCUT2D eigenvalue weighted by Gasteiger charge is -2.15. The first-order valence-corrected chi connectivity index (χ1v) is 5.66. The molecule has 1 fully saturated rings. The molecule has 1 saturated carbocycles. The van der Waals surface area contributed by atoms with Crippen LogP contribution in [0, 0.1) is 10.1 Å². The van der Waals surface area contributed by atoms with Crippen molar-refractivity contribution in [1.82, 2.24) is 0 Å². The standard InChI is InChI=1S/C12H16N2O3/c1-17-9-2-3-10(11(8-9)14(15)16)12(4-5-12)6-7-13/h2-3,8H,4-7,13H2,1H3. The number of nitro benzene ring substituents is 1. The van der Waals surface area contributed by atoms with Crippen LogP contribution in [0.2, 0.25) is 0 Å². The largest absolute Gasteiger partial charge is 0.497 e. The molecule has 1 aliphatic carbocycles. The van der Waals surface area contributed by atoms with Crippen molar-refractivity contribution in [3.63, 3.8) is 0 Å². The lowest BCUT2D eigenvalue weighted by molar-refractivity contribution is -0.385. The van der Waals surface area contributed by atoms with E-state index in [2.05, 4.69) is 0 Å². The third kappa shape index (κ3) is 2.10. The maximum atomic E-state index is 11.1. The number of nitrogens with two attached hydrogens (primary N) is 1. The van der Waals surface area contributed by atoms with Gasteiger partial charge >= 0.3 is 0 Å². The molecule has 0 saturated heterocycles. The molecule has 1 aliphatic rings. The second-order valence-corrected chi connectivity index (χ2v) is 4.46. The lowest BCUT2D eigenvalue weighted by atomic mass is 9.91. The van der Waals surface area contributed by atoms with Gasteiger partial charge in [0.15, 0.2) is 0 Å². The van der Waals surface area contributed by atoms with Gasteiger partial charge in [-0.25, -0.2) is 0 Å². The van der Waals surface area contributed by atoms with Crippen molar-refractivity contribution < 1.29 is 9.66 Å². The highest BCUT2D eigenvalue weighted by molar-refractivity contribution is 5.52. The van der Waals surface area contributed by atoms with E-state index < -0.39 is 0 Å². The second-order valence-electron chi connectivity index (χ2n) is 4.46. The zero-order valence-electron chi connectivity index (χ0n) is 9.81. The molecule has 92 valence electrons. The van der Waals surface area contributed by atoms with Gasteiger partial charge in [-0.2, -0.15) is 0 Å². The van der Waals surface area contributed by atoms with Gasteiger partial charge in [0.2, 0.25) is 0 Å². The molecule has 0 heterocycles. The minimum absolute atomic E-state index is 0.0660. The van der Waals surface area contributed by atoms with E-state index in [4.69, 9.17) is 10.5 Å². The van der Waals surface area contributed by atoms with Crippen LogP contribution in [0.3, 0.4) is 0 Å². The van der Waals surface area contributed by atoms with Crippen LogP contribution in [0.15, 0.2) is 18.2 Å².